The Morgan fingerprint density at radius 1 is 1.53 bits per heavy atom. The third-order valence-corrected chi connectivity index (χ3v) is 3.51. The largest absolute Gasteiger partial charge is 0.478 e. The number of rotatable bonds is 3. The van der Waals surface area contributed by atoms with Gasteiger partial charge in [-0.1, -0.05) is 12.8 Å². The molecule has 3 nitrogen and oxygen atoms in total. The lowest BCUT2D eigenvalue weighted by Crippen LogP contribution is -1.92. The Morgan fingerprint density at radius 2 is 2.27 bits per heavy atom. The van der Waals surface area contributed by atoms with Gasteiger partial charge in [0.15, 0.2) is 0 Å². The second kappa shape index (κ2) is 4.57. The number of carboxylic acids is 1. The van der Waals surface area contributed by atoms with Crippen LogP contribution in [-0.4, -0.2) is 16.1 Å². The summed E-state index contributed by atoms with van der Waals surface area (Å²) in [4.78, 5) is 14.8. The highest BCUT2D eigenvalue weighted by atomic mass is 32.1. The van der Waals surface area contributed by atoms with Crippen LogP contribution in [0.5, 0.6) is 0 Å². The molecule has 0 radical (unpaired) electrons. The second-order valence-corrected chi connectivity index (χ2v) is 4.65. The van der Waals surface area contributed by atoms with E-state index < -0.39 is 5.97 Å². The molecule has 0 aliphatic heterocycles. The molecule has 1 heterocycles. The topological polar surface area (TPSA) is 50.2 Å². The average molecular weight is 223 g/mol. The van der Waals surface area contributed by atoms with Crippen molar-refractivity contribution in [1.82, 2.24) is 4.98 Å². The lowest BCUT2D eigenvalue weighted by atomic mass is 10.1. The molecule has 0 saturated heterocycles. The zero-order chi connectivity index (χ0) is 10.7. The average Bonchev–Trinajstić information content (AvgIpc) is 2.85. The molecule has 1 aromatic heterocycles. The Kier molecular flexibility index (Phi) is 3.16. The summed E-state index contributed by atoms with van der Waals surface area (Å²) < 4.78 is 0. The number of aromatic nitrogens is 1. The molecule has 0 aromatic carbocycles. The standard InChI is InChI=1S/C11H13NO2S/c13-11(14)6-5-10-12-9(7-15-10)8-3-1-2-4-8/h5-8H,1-4H2,(H,13,14)/b6-5+. The van der Waals surface area contributed by atoms with Crippen LogP contribution in [-0.2, 0) is 4.79 Å². The number of thiazole rings is 1. The molecule has 0 bridgehead atoms. The van der Waals surface area contributed by atoms with Crippen molar-refractivity contribution < 1.29 is 9.90 Å². The predicted octanol–water partition coefficient (Wildman–Crippen LogP) is 2.90. The number of hydrogen-bond donors (Lipinski definition) is 1. The molecule has 0 unspecified atom stereocenters. The minimum Gasteiger partial charge on any atom is -0.478 e. The summed E-state index contributed by atoms with van der Waals surface area (Å²) >= 11 is 1.52. The zero-order valence-electron chi connectivity index (χ0n) is 8.35. The summed E-state index contributed by atoms with van der Waals surface area (Å²) in [5, 5.41) is 11.3. The molecular formula is C11H13NO2S. The smallest absolute Gasteiger partial charge is 0.328 e. The number of hydrogen-bond acceptors (Lipinski definition) is 3. The molecule has 0 spiro atoms. The molecule has 80 valence electrons. The lowest BCUT2D eigenvalue weighted by Gasteiger charge is -2.02. The maximum atomic E-state index is 10.3. The van der Waals surface area contributed by atoms with Crippen LogP contribution < -0.4 is 0 Å². The van der Waals surface area contributed by atoms with Crippen LogP contribution in [0.15, 0.2) is 11.5 Å². The van der Waals surface area contributed by atoms with Crippen molar-refractivity contribution >= 4 is 23.4 Å². The first-order valence-corrected chi connectivity index (χ1v) is 6.00. The Morgan fingerprint density at radius 3 is 2.93 bits per heavy atom. The fraction of sp³-hybridized carbons (Fsp3) is 0.455. The van der Waals surface area contributed by atoms with Crippen LogP contribution in [0.2, 0.25) is 0 Å². The zero-order valence-corrected chi connectivity index (χ0v) is 9.17. The Balaban J connectivity index is 2.06. The van der Waals surface area contributed by atoms with Crippen molar-refractivity contribution in [3.63, 3.8) is 0 Å². The van der Waals surface area contributed by atoms with Crippen molar-refractivity contribution in [2.75, 3.05) is 0 Å². The van der Waals surface area contributed by atoms with E-state index in [1.54, 1.807) is 6.08 Å². The van der Waals surface area contributed by atoms with E-state index in [9.17, 15) is 4.79 Å². The highest BCUT2D eigenvalue weighted by molar-refractivity contribution is 7.10. The quantitative estimate of drug-likeness (QED) is 0.801. The van der Waals surface area contributed by atoms with Gasteiger partial charge in [0.2, 0.25) is 0 Å². The van der Waals surface area contributed by atoms with Crippen LogP contribution >= 0.6 is 11.3 Å². The van der Waals surface area contributed by atoms with Crippen LogP contribution in [0.25, 0.3) is 6.08 Å². The van der Waals surface area contributed by atoms with Gasteiger partial charge >= 0.3 is 5.97 Å². The third-order valence-electron chi connectivity index (χ3n) is 2.68. The summed E-state index contributed by atoms with van der Waals surface area (Å²) in [6.45, 7) is 0. The lowest BCUT2D eigenvalue weighted by molar-refractivity contribution is -0.131. The monoisotopic (exact) mass is 223 g/mol. The molecular weight excluding hydrogens is 210 g/mol. The van der Waals surface area contributed by atoms with E-state index >= 15 is 0 Å². The van der Waals surface area contributed by atoms with Gasteiger partial charge in [-0.05, 0) is 18.9 Å². The third kappa shape index (κ3) is 2.65. The van der Waals surface area contributed by atoms with Gasteiger partial charge in [-0.15, -0.1) is 11.3 Å². The van der Waals surface area contributed by atoms with Gasteiger partial charge in [0.05, 0.1) is 5.69 Å². The van der Waals surface area contributed by atoms with Crippen LogP contribution in [0.3, 0.4) is 0 Å². The van der Waals surface area contributed by atoms with Gasteiger partial charge in [0.25, 0.3) is 0 Å². The molecule has 15 heavy (non-hydrogen) atoms. The summed E-state index contributed by atoms with van der Waals surface area (Å²) in [7, 11) is 0. The van der Waals surface area contributed by atoms with Crippen molar-refractivity contribution in [1.29, 1.82) is 0 Å². The van der Waals surface area contributed by atoms with Crippen LogP contribution in [0.1, 0.15) is 42.3 Å². The van der Waals surface area contributed by atoms with Crippen LogP contribution in [0.4, 0.5) is 0 Å². The molecule has 0 atom stereocenters. The molecule has 4 heteroatoms. The predicted molar refractivity (Wildman–Crippen MR) is 60.0 cm³/mol. The van der Waals surface area contributed by atoms with E-state index in [2.05, 4.69) is 10.4 Å². The molecule has 1 aliphatic rings. The van der Waals surface area contributed by atoms with Gasteiger partial charge in [0, 0.05) is 17.4 Å². The molecule has 0 amide bonds. The van der Waals surface area contributed by atoms with Crippen molar-refractivity contribution in [2.24, 2.45) is 0 Å². The Bertz CT molecular complexity index is 378. The van der Waals surface area contributed by atoms with Gasteiger partial charge in [-0.25, -0.2) is 9.78 Å². The fourth-order valence-corrected chi connectivity index (χ4v) is 2.72. The summed E-state index contributed by atoms with van der Waals surface area (Å²) in [5.41, 5.74) is 1.14. The SMILES string of the molecule is O=C(O)/C=C/c1nc(C2CCCC2)cs1. The first kappa shape index (κ1) is 10.4. The normalized spacial score (nSPS) is 17.6. The summed E-state index contributed by atoms with van der Waals surface area (Å²) in [6.07, 6.45) is 7.74. The highest BCUT2D eigenvalue weighted by Gasteiger charge is 2.19. The first-order chi connectivity index (χ1) is 7.25. The maximum Gasteiger partial charge on any atom is 0.328 e. The summed E-state index contributed by atoms with van der Waals surface area (Å²) in [5.74, 6) is -0.319. The van der Waals surface area contributed by atoms with Gasteiger partial charge in [-0.2, -0.15) is 0 Å². The van der Waals surface area contributed by atoms with Crippen molar-refractivity contribution in [2.45, 2.75) is 31.6 Å². The molecule has 1 saturated carbocycles. The minimum absolute atomic E-state index is 0.605. The van der Waals surface area contributed by atoms with E-state index in [1.807, 2.05) is 0 Å². The van der Waals surface area contributed by atoms with Gasteiger partial charge in [0.1, 0.15) is 5.01 Å². The Hall–Kier alpha value is -1.16. The van der Waals surface area contributed by atoms with Crippen molar-refractivity contribution in [3.05, 3.63) is 22.2 Å². The van der Waals surface area contributed by atoms with Gasteiger partial charge in [-0.3, -0.25) is 0 Å². The maximum absolute atomic E-state index is 10.3. The van der Waals surface area contributed by atoms with E-state index in [0.717, 1.165) is 16.8 Å². The molecule has 1 fully saturated rings. The number of carbonyl (C=O) groups is 1. The van der Waals surface area contributed by atoms with Gasteiger partial charge < -0.3 is 5.11 Å². The van der Waals surface area contributed by atoms with E-state index in [-0.39, 0.29) is 0 Å². The molecule has 2 rings (SSSR count). The summed E-state index contributed by atoms with van der Waals surface area (Å²) in [6, 6.07) is 0. The van der Waals surface area contributed by atoms with E-state index in [0.29, 0.717) is 5.92 Å². The molecule has 1 aliphatic carbocycles. The number of nitrogens with zero attached hydrogens (tertiary/aromatic N) is 1. The van der Waals surface area contributed by atoms with Crippen molar-refractivity contribution in [3.8, 4) is 0 Å². The fourth-order valence-electron chi connectivity index (χ4n) is 1.93. The molecule has 1 N–H and O–H groups in total. The highest BCUT2D eigenvalue weighted by Crippen LogP contribution is 2.34. The van der Waals surface area contributed by atoms with E-state index in [4.69, 9.17) is 5.11 Å². The Labute approximate surface area is 92.5 Å². The number of carboxylic acid groups (broad SMARTS) is 1. The second-order valence-electron chi connectivity index (χ2n) is 3.76. The molecule has 1 aromatic rings. The minimum atomic E-state index is -0.924. The number of aliphatic carboxylic acids is 1. The van der Waals surface area contributed by atoms with Crippen LogP contribution in [0, 0.1) is 0 Å². The first-order valence-electron chi connectivity index (χ1n) is 5.12. The van der Waals surface area contributed by atoms with E-state index in [1.165, 1.54) is 37.0 Å².